The van der Waals surface area contributed by atoms with Crippen molar-refractivity contribution in [3.8, 4) is 22.3 Å². The molecule has 0 saturated carbocycles. The third kappa shape index (κ3) is 4.90. The zero-order valence-corrected chi connectivity index (χ0v) is 32.2. The van der Waals surface area contributed by atoms with Crippen LogP contribution in [0.25, 0.3) is 110 Å². The predicted molar refractivity (Wildman–Crippen MR) is 251 cm³/mol. The maximum atomic E-state index is 5.26. The van der Waals surface area contributed by atoms with Gasteiger partial charge < -0.3 is 0 Å². The fraction of sp³-hybridized carbons (Fsp3) is 0.0351. The van der Waals surface area contributed by atoms with Gasteiger partial charge in [-0.05, 0) is 136 Å². The summed E-state index contributed by atoms with van der Waals surface area (Å²) < 4.78 is 2.38. The molecule has 0 bridgehead atoms. The lowest BCUT2D eigenvalue weighted by molar-refractivity contribution is 0.834. The molecule has 0 aliphatic heterocycles. The maximum Gasteiger partial charge on any atom is 0.146 e. The summed E-state index contributed by atoms with van der Waals surface area (Å²) in [6, 6.07) is 69.7. The van der Waals surface area contributed by atoms with Crippen molar-refractivity contribution in [2.24, 2.45) is 0 Å². The Morgan fingerprint density at radius 3 is 1.68 bits per heavy atom. The summed E-state index contributed by atoms with van der Waals surface area (Å²) in [5, 5.41) is 13.9. The Hall–Kier alpha value is -7.55. The number of allylic oxidation sites excluding steroid dienone is 1. The summed E-state index contributed by atoms with van der Waals surface area (Å²) in [4.78, 5) is 5.26. The van der Waals surface area contributed by atoms with Gasteiger partial charge in [0.15, 0.2) is 0 Å². The average Bonchev–Trinajstić information content (AvgIpc) is 3.70. The number of benzene rings is 10. The number of aromatic nitrogens is 2. The Balaban J connectivity index is 1.07. The van der Waals surface area contributed by atoms with Crippen molar-refractivity contribution in [3.05, 3.63) is 211 Å². The van der Waals surface area contributed by atoms with Crippen LogP contribution in [0.4, 0.5) is 0 Å². The van der Waals surface area contributed by atoms with Gasteiger partial charge in [-0.15, -0.1) is 0 Å². The number of hydrogen-bond acceptors (Lipinski definition) is 1. The lowest BCUT2D eigenvalue weighted by atomic mass is 9.80. The standard InChI is InChI=1S/C57H36N2/c1-3-13-37-29-43(23-21-35(37)11-1)55-45-17-7-8-18-46(45)56(44-24-22-36-12-2-4-14-38(36)30-44)51-33-42(25-27-47(51)55)41-26-28-48-49(31-41)50-32-39-15-5-6-16-40(39)34-54(50)59-53-20-10-9-19-52(53)58-57(48)59/h1-30,32-34,41H,31H2. The topological polar surface area (TPSA) is 17.3 Å². The molecule has 0 fully saturated rings. The predicted octanol–water partition coefficient (Wildman–Crippen LogP) is 15.1. The highest BCUT2D eigenvalue weighted by Gasteiger charge is 2.25. The number of pyridine rings is 1. The largest absolute Gasteiger partial charge is 0.292 e. The molecule has 13 rings (SSSR count). The van der Waals surface area contributed by atoms with E-state index in [2.05, 4.69) is 205 Å². The SMILES string of the molecule is C1=CC(c2ccc3c(-c4ccc5ccccc5c4)c4ccccc4c(-c4ccc5ccccc5c4)c3c2)Cc2c1c1nc3ccccc3n1c1cc3ccccc3cc21. The van der Waals surface area contributed by atoms with E-state index in [1.807, 2.05) is 0 Å². The van der Waals surface area contributed by atoms with E-state index in [1.165, 1.54) is 104 Å². The average molecular weight is 749 g/mol. The maximum absolute atomic E-state index is 5.26. The molecule has 0 spiro atoms. The van der Waals surface area contributed by atoms with E-state index in [0.717, 1.165) is 23.1 Å². The second-order valence-electron chi connectivity index (χ2n) is 16.3. The van der Waals surface area contributed by atoms with Gasteiger partial charge >= 0.3 is 0 Å². The minimum atomic E-state index is 0.188. The first-order valence-corrected chi connectivity index (χ1v) is 20.6. The molecule has 12 aromatic rings. The minimum Gasteiger partial charge on any atom is -0.292 e. The van der Waals surface area contributed by atoms with Crippen LogP contribution in [0.2, 0.25) is 0 Å². The Kier molecular flexibility index (Phi) is 6.88. The zero-order valence-electron chi connectivity index (χ0n) is 32.2. The van der Waals surface area contributed by atoms with Gasteiger partial charge in [0, 0.05) is 16.9 Å². The van der Waals surface area contributed by atoms with E-state index in [-0.39, 0.29) is 5.92 Å². The van der Waals surface area contributed by atoms with Gasteiger partial charge in [0.25, 0.3) is 0 Å². The van der Waals surface area contributed by atoms with Crippen molar-refractivity contribution in [1.82, 2.24) is 9.38 Å². The van der Waals surface area contributed by atoms with Gasteiger partial charge in [-0.25, -0.2) is 4.98 Å². The van der Waals surface area contributed by atoms with Crippen molar-refractivity contribution in [1.29, 1.82) is 0 Å². The van der Waals surface area contributed by atoms with Crippen molar-refractivity contribution in [2.75, 3.05) is 0 Å². The van der Waals surface area contributed by atoms with Gasteiger partial charge in [0.05, 0.1) is 16.6 Å². The van der Waals surface area contributed by atoms with E-state index < -0.39 is 0 Å². The number of rotatable bonds is 3. The first-order valence-electron chi connectivity index (χ1n) is 20.6. The van der Waals surface area contributed by atoms with Crippen molar-refractivity contribution in [3.63, 3.8) is 0 Å². The van der Waals surface area contributed by atoms with Crippen molar-refractivity contribution < 1.29 is 0 Å². The molecule has 0 radical (unpaired) electrons. The molecule has 59 heavy (non-hydrogen) atoms. The molecule has 1 unspecified atom stereocenters. The number of imidazole rings is 1. The summed E-state index contributed by atoms with van der Waals surface area (Å²) >= 11 is 0. The highest BCUT2D eigenvalue weighted by molar-refractivity contribution is 6.22. The third-order valence-corrected chi connectivity index (χ3v) is 13.0. The highest BCUT2D eigenvalue weighted by Crippen LogP contribution is 2.47. The zero-order chi connectivity index (χ0) is 38.6. The van der Waals surface area contributed by atoms with Crippen LogP contribution in [0, 0.1) is 0 Å². The van der Waals surface area contributed by atoms with Gasteiger partial charge in [-0.1, -0.05) is 158 Å². The monoisotopic (exact) mass is 748 g/mol. The highest BCUT2D eigenvalue weighted by atomic mass is 15.0. The molecule has 2 heterocycles. The van der Waals surface area contributed by atoms with Gasteiger partial charge in [-0.2, -0.15) is 0 Å². The fourth-order valence-electron chi connectivity index (χ4n) is 10.2. The van der Waals surface area contributed by atoms with E-state index in [9.17, 15) is 0 Å². The Morgan fingerprint density at radius 1 is 0.424 bits per heavy atom. The van der Waals surface area contributed by atoms with E-state index in [0.29, 0.717) is 0 Å². The number of nitrogens with zero attached hydrogens (tertiary/aromatic N) is 2. The van der Waals surface area contributed by atoms with Gasteiger partial charge in [0.1, 0.15) is 5.65 Å². The molecule has 274 valence electrons. The van der Waals surface area contributed by atoms with Gasteiger partial charge in [-0.3, -0.25) is 4.40 Å². The molecule has 0 N–H and O–H groups in total. The summed E-state index contributed by atoms with van der Waals surface area (Å²) in [6.07, 6.45) is 5.67. The molecule has 2 nitrogen and oxygen atoms in total. The van der Waals surface area contributed by atoms with E-state index in [4.69, 9.17) is 4.98 Å². The van der Waals surface area contributed by atoms with Crippen LogP contribution in [0.3, 0.4) is 0 Å². The molecule has 0 saturated heterocycles. The van der Waals surface area contributed by atoms with Crippen molar-refractivity contribution >= 4 is 87.5 Å². The molecule has 1 atom stereocenters. The summed E-state index contributed by atoms with van der Waals surface area (Å²) in [6.45, 7) is 0. The van der Waals surface area contributed by atoms with Crippen LogP contribution in [0.15, 0.2) is 194 Å². The van der Waals surface area contributed by atoms with E-state index in [1.54, 1.807) is 0 Å². The third-order valence-electron chi connectivity index (χ3n) is 13.0. The number of hydrogen-bond donors (Lipinski definition) is 0. The van der Waals surface area contributed by atoms with E-state index >= 15 is 0 Å². The van der Waals surface area contributed by atoms with Crippen molar-refractivity contribution in [2.45, 2.75) is 12.3 Å². The lowest BCUT2D eigenvalue weighted by Gasteiger charge is -2.24. The minimum absolute atomic E-state index is 0.188. The first-order chi connectivity index (χ1) is 29.2. The van der Waals surface area contributed by atoms with Crippen LogP contribution in [-0.4, -0.2) is 9.38 Å². The Labute approximate surface area is 340 Å². The second-order valence-corrected chi connectivity index (χ2v) is 16.3. The molecule has 10 aromatic carbocycles. The summed E-state index contributed by atoms with van der Waals surface area (Å²) in [5.41, 5.74) is 13.4. The molecule has 1 aliphatic rings. The molecular weight excluding hydrogens is 713 g/mol. The van der Waals surface area contributed by atoms with Crippen LogP contribution in [0.5, 0.6) is 0 Å². The first kappa shape index (κ1) is 32.5. The van der Waals surface area contributed by atoms with Crippen LogP contribution in [-0.2, 0) is 6.42 Å². The number of fused-ring (bicyclic) bond motifs is 13. The molecule has 2 heteroatoms. The summed E-state index contributed by atoms with van der Waals surface area (Å²) in [7, 11) is 0. The molecule has 0 amide bonds. The fourth-order valence-corrected chi connectivity index (χ4v) is 10.2. The summed E-state index contributed by atoms with van der Waals surface area (Å²) in [5.74, 6) is 0.188. The second kappa shape index (κ2) is 12.5. The lowest BCUT2D eigenvalue weighted by Crippen LogP contribution is -2.09. The molecule has 2 aromatic heterocycles. The normalized spacial score (nSPS) is 14.1. The molecule has 1 aliphatic carbocycles. The van der Waals surface area contributed by atoms with Crippen LogP contribution in [0.1, 0.15) is 22.6 Å². The molecular formula is C57H36N2. The van der Waals surface area contributed by atoms with Crippen LogP contribution < -0.4 is 0 Å². The Bertz CT molecular complexity index is 3770. The van der Waals surface area contributed by atoms with Crippen LogP contribution >= 0.6 is 0 Å². The number of para-hydroxylation sites is 2. The Morgan fingerprint density at radius 2 is 0.983 bits per heavy atom. The van der Waals surface area contributed by atoms with Gasteiger partial charge in [0.2, 0.25) is 0 Å². The quantitative estimate of drug-likeness (QED) is 0.165. The smallest absolute Gasteiger partial charge is 0.146 e.